The Bertz CT molecular complexity index is 885. The van der Waals surface area contributed by atoms with E-state index in [-0.39, 0.29) is 11.7 Å². The van der Waals surface area contributed by atoms with Gasteiger partial charge in [-0.05, 0) is 52.9 Å². The van der Waals surface area contributed by atoms with Crippen molar-refractivity contribution in [1.82, 2.24) is 19.5 Å². The number of anilines is 1. The van der Waals surface area contributed by atoms with Crippen LogP contribution in [0.5, 0.6) is 0 Å². The second-order valence-electron chi connectivity index (χ2n) is 8.68. The van der Waals surface area contributed by atoms with Crippen LogP contribution in [0.3, 0.4) is 0 Å². The number of oxime groups is 1. The Morgan fingerprint density at radius 3 is 2.59 bits per heavy atom. The summed E-state index contributed by atoms with van der Waals surface area (Å²) >= 11 is 3.62. The maximum atomic E-state index is 9.06. The van der Waals surface area contributed by atoms with Gasteiger partial charge in [-0.25, -0.2) is 15.0 Å². The Morgan fingerprint density at radius 1 is 1.17 bits per heavy atom. The minimum atomic E-state index is -0.110. The van der Waals surface area contributed by atoms with Crippen LogP contribution in [0.2, 0.25) is 0 Å². The van der Waals surface area contributed by atoms with Crippen molar-refractivity contribution >= 4 is 38.7 Å². The molecule has 2 aliphatic rings. The SMILES string of the molecule is CC1CCC(Cn2c(Br)nc3nc(C(N)=NO)nc(NCCC4CCC4)c32)CC1. The predicted octanol–water partition coefficient (Wildman–Crippen LogP) is 4.11. The molecule has 2 aromatic heterocycles. The molecule has 29 heavy (non-hydrogen) atoms. The third-order valence-electron chi connectivity index (χ3n) is 6.54. The summed E-state index contributed by atoms with van der Waals surface area (Å²) in [4.78, 5) is 13.6. The number of rotatable bonds is 7. The van der Waals surface area contributed by atoms with Gasteiger partial charge >= 0.3 is 0 Å². The average molecular weight is 464 g/mol. The zero-order valence-electron chi connectivity index (χ0n) is 16.9. The fraction of sp³-hybridized carbons (Fsp3) is 0.700. The first-order valence-electron chi connectivity index (χ1n) is 10.7. The van der Waals surface area contributed by atoms with E-state index in [1.807, 2.05) is 0 Å². The van der Waals surface area contributed by atoms with Gasteiger partial charge in [-0.3, -0.25) is 0 Å². The minimum Gasteiger partial charge on any atom is -0.409 e. The highest BCUT2D eigenvalue weighted by atomic mass is 79.9. The highest BCUT2D eigenvalue weighted by molar-refractivity contribution is 9.10. The van der Waals surface area contributed by atoms with E-state index in [9.17, 15) is 0 Å². The lowest BCUT2D eigenvalue weighted by atomic mass is 9.83. The van der Waals surface area contributed by atoms with Crippen LogP contribution in [0, 0.1) is 17.8 Å². The molecule has 2 heterocycles. The van der Waals surface area contributed by atoms with Crippen LogP contribution < -0.4 is 11.1 Å². The Kier molecular flexibility index (Phi) is 6.22. The van der Waals surface area contributed by atoms with Crippen LogP contribution in [-0.4, -0.2) is 37.1 Å². The van der Waals surface area contributed by atoms with Crippen molar-refractivity contribution in [3.63, 3.8) is 0 Å². The number of nitrogens with zero attached hydrogens (tertiary/aromatic N) is 5. The number of amidine groups is 1. The van der Waals surface area contributed by atoms with Crippen molar-refractivity contribution in [2.75, 3.05) is 11.9 Å². The molecule has 0 atom stereocenters. The number of hydrogen-bond acceptors (Lipinski definition) is 6. The van der Waals surface area contributed by atoms with Crippen LogP contribution >= 0.6 is 15.9 Å². The van der Waals surface area contributed by atoms with Crippen molar-refractivity contribution in [2.24, 2.45) is 28.6 Å². The number of nitrogens with one attached hydrogen (secondary N) is 1. The lowest BCUT2D eigenvalue weighted by Crippen LogP contribution is -2.21. The van der Waals surface area contributed by atoms with Crippen LogP contribution in [0.15, 0.2) is 9.89 Å². The molecule has 9 heteroatoms. The fourth-order valence-electron chi connectivity index (χ4n) is 4.40. The van der Waals surface area contributed by atoms with E-state index in [4.69, 9.17) is 10.9 Å². The molecule has 0 amide bonds. The predicted molar refractivity (Wildman–Crippen MR) is 117 cm³/mol. The molecule has 8 nitrogen and oxygen atoms in total. The lowest BCUT2D eigenvalue weighted by molar-refractivity contribution is 0.265. The Morgan fingerprint density at radius 2 is 1.93 bits per heavy atom. The molecule has 0 aromatic carbocycles. The maximum absolute atomic E-state index is 9.06. The quantitative estimate of drug-likeness (QED) is 0.187. The number of nitrogens with two attached hydrogens (primary N) is 1. The van der Waals surface area contributed by atoms with E-state index >= 15 is 0 Å². The highest BCUT2D eigenvalue weighted by Gasteiger charge is 2.24. The number of fused-ring (bicyclic) bond motifs is 1. The highest BCUT2D eigenvalue weighted by Crippen LogP contribution is 2.33. The van der Waals surface area contributed by atoms with Crippen LogP contribution in [0.1, 0.15) is 64.1 Å². The lowest BCUT2D eigenvalue weighted by Gasteiger charge is -2.27. The van der Waals surface area contributed by atoms with Gasteiger partial charge in [0.25, 0.3) is 0 Å². The van der Waals surface area contributed by atoms with Crippen molar-refractivity contribution in [2.45, 2.75) is 64.8 Å². The zero-order chi connectivity index (χ0) is 20.4. The van der Waals surface area contributed by atoms with E-state index in [0.29, 0.717) is 17.4 Å². The standard InChI is InChI=1S/C20H30BrN7O/c1-12-5-7-14(8-6-12)11-28-15-17(23-10-9-13-3-2-4-13)24-19(16(22)27-29)25-18(15)26-20(28)21/h12-14,29H,2-11H2,1H3,(H2,22,27)(H,23,24,25). The molecule has 4 N–H and O–H groups in total. The summed E-state index contributed by atoms with van der Waals surface area (Å²) in [6.45, 7) is 4.08. The first-order valence-corrected chi connectivity index (χ1v) is 11.5. The average Bonchev–Trinajstić information content (AvgIpc) is 3.00. The smallest absolute Gasteiger partial charge is 0.208 e. The molecular weight excluding hydrogens is 434 g/mol. The summed E-state index contributed by atoms with van der Waals surface area (Å²) in [7, 11) is 0. The summed E-state index contributed by atoms with van der Waals surface area (Å²) < 4.78 is 2.93. The number of aromatic nitrogens is 4. The molecule has 0 saturated heterocycles. The van der Waals surface area contributed by atoms with Gasteiger partial charge in [0.1, 0.15) is 5.52 Å². The minimum absolute atomic E-state index is 0.110. The number of imidazole rings is 1. The van der Waals surface area contributed by atoms with Crippen LogP contribution in [-0.2, 0) is 6.54 Å². The van der Waals surface area contributed by atoms with Gasteiger partial charge in [0.2, 0.25) is 11.7 Å². The molecule has 0 spiro atoms. The van der Waals surface area contributed by atoms with E-state index in [1.54, 1.807) is 0 Å². The third kappa shape index (κ3) is 4.49. The van der Waals surface area contributed by atoms with E-state index in [1.165, 1.54) is 44.9 Å². The molecule has 2 aliphatic carbocycles. The largest absolute Gasteiger partial charge is 0.409 e. The second kappa shape index (κ2) is 8.85. The topological polar surface area (TPSA) is 114 Å². The molecule has 0 radical (unpaired) electrons. The summed E-state index contributed by atoms with van der Waals surface area (Å²) in [6, 6.07) is 0. The summed E-state index contributed by atoms with van der Waals surface area (Å²) in [6.07, 6.45) is 10.1. The monoisotopic (exact) mass is 463 g/mol. The molecule has 0 unspecified atom stereocenters. The molecule has 0 aliphatic heterocycles. The van der Waals surface area contributed by atoms with Crippen molar-refractivity contribution < 1.29 is 5.21 Å². The Balaban J connectivity index is 1.64. The maximum Gasteiger partial charge on any atom is 0.208 e. The molecule has 0 bridgehead atoms. The van der Waals surface area contributed by atoms with Gasteiger partial charge in [-0.1, -0.05) is 44.2 Å². The van der Waals surface area contributed by atoms with E-state index in [2.05, 4.69) is 52.8 Å². The summed E-state index contributed by atoms with van der Waals surface area (Å²) in [5.74, 6) is 3.05. The van der Waals surface area contributed by atoms with Crippen LogP contribution in [0.4, 0.5) is 5.82 Å². The normalized spacial score (nSPS) is 23.3. The van der Waals surface area contributed by atoms with Gasteiger partial charge in [0.05, 0.1) is 0 Å². The number of halogens is 1. The van der Waals surface area contributed by atoms with Gasteiger partial charge in [-0.2, -0.15) is 0 Å². The summed E-state index contributed by atoms with van der Waals surface area (Å²) in [5.41, 5.74) is 7.22. The van der Waals surface area contributed by atoms with Gasteiger partial charge in [0, 0.05) is 13.1 Å². The fourth-order valence-corrected chi connectivity index (χ4v) is 4.89. The van der Waals surface area contributed by atoms with E-state index in [0.717, 1.165) is 41.6 Å². The molecule has 2 fully saturated rings. The van der Waals surface area contributed by atoms with Crippen LogP contribution in [0.25, 0.3) is 11.2 Å². The first kappa shape index (κ1) is 20.4. The van der Waals surface area contributed by atoms with Crippen molar-refractivity contribution in [1.29, 1.82) is 0 Å². The Hall–Kier alpha value is -1.90. The van der Waals surface area contributed by atoms with Gasteiger partial charge < -0.3 is 20.8 Å². The molecular formula is C20H30BrN7O. The zero-order valence-corrected chi connectivity index (χ0v) is 18.5. The van der Waals surface area contributed by atoms with E-state index < -0.39 is 0 Å². The molecule has 2 saturated carbocycles. The van der Waals surface area contributed by atoms with Crippen molar-refractivity contribution in [3.8, 4) is 0 Å². The Labute approximate surface area is 179 Å². The second-order valence-corrected chi connectivity index (χ2v) is 9.39. The molecule has 4 rings (SSSR count). The number of hydrogen-bond donors (Lipinski definition) is 3. The van der Waals surface area contributed by atoms with Gasteiger partial charge in [-0.15, -0.1) is 0 Å². The first-order chi connectivity index (χ1) is 14.0. The third-order valence-corrected chi connectivity index (χ3v) is 7.14. The van der Waals surface area contributed by atoms with Gasteiger partial charge in [0.15, 0.2) is 16.2 Å². The summed E-state index contributed by atoms with van der Waals surface area (Å²) in [5, 5.41) is 15.6. The molecule has 2 aromatic rings. The van der Waals surface area contributed by atoms with Crippen molar-refractivity contribution in [3.05, 3.63) is 10.6 Å². The molecule has 158 valence electrons.